The predicted molar refractivity (Wildman–Crippen MR) is 49.1 cm³/mol. The zero-order valence-electron chi connectivity index (χ0n) is 7.34. The van der Waals surface area contributed by atoms with Gasteiger partial charge in [0, 0.05) is 0 Å². The standard InChI is InChI=1S/C9H11NO4/c11-7-3-1-6(2-4-7)8(12)5-10-9(13)14/h1-4,8,10-12H,5H2,(H,13,14). The number of aliphatic hydroxyl groups excluding tert-OH is 1. The van der Waals surface area contributed by atoms with E-state index in [-0.39, 0.29) is 12.3 Å². The highest BCUT2D eigenvalue weighted by Gasteiger charge is 2.07. The summed E-state index contributed by atoms with van der Waals surface area (Å²) in [6.07, 6.45) is -2.07. The van der Waals surface area contributed by atoms with Gasteiger partial charge in [0.2, 0.25) is 0 Å². The molecular formula is C9H11NO4. The average molecular weight is 197 g/mol. The molecule has 0 aliphatic heterocycles. The van der Waals surface area contributed by atoms with Crippen molar-refractivity contribution >= 4 is 6.09 Å². The molecule has 0 spiro atoms. The molecule has 14 heavy (non-hydrogen) atoms. The quantitative estimate of drug-likeness (QED) is 0.574. The van der Waals surface area contributed by atoms with E-state index in [2.05, 4.69) is 5.32 Å². The molecular weight excluding hydrogens is 186 g/mol. The lowest BCUT2D eigenvalue weighted by atomic mass is 10.1. The van der Waals surface area contributed by atoms with E-state index >= 15 is 0 Å². The Morgan fingerprint density at radius 1 is 1.36 bits per heavy atom. The molecule has 1 atom stereocenters. The lowest BCUT2D eigenvalue weighted by Gasteiger charge is -2.10. The topological polar surface area (TPSA) is 89.8 Å². The molecule has 5 nitrogen and oxygen atoms in total. The molecule has 1 unspecified atom stereocenters. The fourth-order valence-corrected chi connectivity index (χ4v) is 0.998. The summed E-state index contributed by atoms with van der Waals surface area (Å²) in [6.45, 7) is -0.0693. The van der Waals surface area contributed by atoms with Crippen LogP contribution in [0.25, 0.3) is 0 Å². The van der Waals surface area contributed by atoms with Crippen molar-refractivity contribution in [2.75, 3.05) is 6.54 Å². The fraction of sp³-hybridized carbons (Fsp3) is 0.222. The highest BCUT2D eigenvalue weighted by atomic mass is 16.4. The van der Waals surface area contributed by atoms with E-state index in [1.54, 1.807) is 0 Å². The Balaban J connectivity index is 2.56. The molecule has 1 amide bonds. The minimum atomic E-state index is -1.18. The van der Waals surface area contributed by atoms with Gasteiger partial charge in [-0.05, 0) is 17.7 Å². The van der Waals surface area contributed by atoms with Crippen molar-refractivity contribution in [3.05, 3.63) is 29.8 Å². The molecule has 0 aliphatic rings. The molecule has 0 saturated heterocycles. The number of phenolic OH excluding ortho intramolecular Hbond substituents is 1. The number of benzene rings is 1. The lowest BCUT2D eigenvalue weighted by molar-refractivity contribution is 0.159. The molecule has 1 aromatic carbocycles. The van der Waals surface area contributed by atoms with Gasteiger partial charge in [0.15, 0.2) is 0 Å². The van der Waals surface area contributed by atoms with Gasteiger partial charge in [0.25, 0.3) is 0 Å². The fourth-order valence-electron chi connectivity index (χ4n) is 0.998. The number of phenols is 1. The van der Waals surface area contributed by atoms with Crippen LogP contribution in [0.3, 0.4) is 0 Å². The highest BCUT2D eigenvalue weighted by molar-refractivity contribution is 5.64. The number of amides is 1. The summed E-state index contributed by atoms with van der Waals surface area (Å²) < 4.78 is 0. The van der Waals surface area contributed by atoms with Gasteiger partial charge in [-0.3, -0.25) is 0 Å². The number of aromatic hydroxyl groups is 1. The molecule has 5 heteroatoms. The zero-order chi connectivity index (χ0) is 10.6. The van der Waals surface area contributed by atoms with Crippen LogP contribution >= 0.6 is 0 Å². The maximum Gasteiger partial charge on any atom is 0.404 e. The summed E-state index contributed by atoms with van der Waals surface area (Å²) in [7, 11) is 0. The van der Waals surface area contributed by atoms with Gasteiger partial charge in [-0.2, -0.15) is 0 Å². The van der Waals surface area contributed by atoms with Crippen LogP contribution < -0.4 is 5.32 Å². The number of aliphatic hydroxyl groups is 1. The maximum atomic E-state index is 10.1. The normalized spacial score (nSPS) is 12.1. The first-order valence-corrected chi connectivity index (χ1v) is 4.03. The van der Waals surface area contributed by atoms with Crippen molar-refractivity contribution in [3.63, 3.8) is 0 Å². The van der Waals surface area contributed by atoms with E-state index in [4.69, 9.17) is 10.2 Å². The van der Waals surface area contributed by atoms with Gasteiger partial charge < -0.3 is 20.6 Å². The van der Waals surface area contributed by atoms with Crippen LogP contribution in [-0.2, 0) is 0 Å². The second kappa shape index (κ2) is 4.48. The number of hydrogen-bond acceptors (Lipinski definition) is 3. The molecule has 1 rings (SSSR count). The first-order chi connectivity index (χ1) is 6.59. The number of rotatable bonds is 3. The van der Waals surface area contributed by atoms with Crippen LogP contribution in [-0.4, -0.2) is 28.0 Å². The van der Waals surface area contributed by atoms with Gasteiger partial charge >= 0.3 is 6.09 Å². The van der Waals surface area contributed by atoms with Crippen LogP contribution in [0, 0.1) is 0 Å². The Morgan fingerprint density at radius 2 is 1.93 bits per heavy atom. The molecule has 0 aliphatic carbocycles. The first-order valence-electron chi connectivity index (χ1n) is 4.03. The monoisotopic (exact) mass is 197 g/mol. The molecule has 0 aromatic heterocycles. The van der Waals surface area contributed by atoms with Crippen LogP contribution in [0.5, 0.6) is 5.75 Å². The van der Waals surface area contributed by atoms with Crippen LogP contribution in [0.15, 0.2) is 24.3 Å². The van der Waals surface area contributed by atoms with Crippen LogP contribution in [0.2, 0.25) is 0 Å². The summed E-state index contributed by atoms with van der Waals surface area (Å²) in [5, 5.41) is 28.8. The van der Waals surface area contributed by atoms with E-state index in [9.17, 15) is 9.90 Å². The van der Waals surface area contributed by atoms with Crippen LogP contribution in [0.1, 0.15) is 11.7 Å². The van der Waals surface area contributed by atoms with Gasteiger partial charge in [0.1, 0.15) is 5.75 Å². The predicted octanol–water partition coefficient (Wildman–Crippen LogP) is 0.693. The summed E-state index contributed by atoms with van der Waals surface area (Å²) in [5.74, 6) is 0.104. The Morgan fingerprint density at radius 3 is 2.43 bits per heavy atom. The molecule has 0 bridgehead atoms. The van der Waals surface area contributed by atoms with Crippen molar-refractivity contribution in [2.24, 2.45) is 0 Å². The van der Waals surface area contributed by atoms with E-state index in [1.165, 1.54) is 24.3 Å². The molecule has 1 aromatic rings. The second-order valence-corrected chi connectivity index (χ2v) is 2.79. The largest absolute Gasteiger partial charge is 0.508 e. The Bertz CT molecular complexity index is 309. The van der Waals surface area contributed by atoms with Crippen molar-refractivity contribution in [1.29, 1.82) is 0 Å². The van der Waals surface area contributed by atoms with Gasteiger partial charge in [-0.1, -0.05) is 12.1 Å². The molecule has 76 valence electrons. The van der Waals surface area contributed by atoms with E-state index < -0.39 is 12.2 Å². The zero-order valence-corrected chi connectivity index (χ0v) is 7.34. The Kier molecular flexibility index (Phi) is 3.30. The SMILES string of the molecule is O=C(O)NCC(O)c1ccc(O)cc1. The summed E-state index contributed by atoms with van der Waals surface area (Å²) in [6, 6.07) is 5.92. The molecule has 0 radical (unpaired) electrons. The van der Waals surface area contributed by atoms with Crippen LogP contribution in [0.4, 0.5) is 4.79 Å². The Labute approximate surface area is 80.6 Å². The minimum Gasteiger partial charge on any atom is -0.508 e. The number of carboxylic acid groups (broad SMARTS) is 1. The summed E-state index contributed by atoms with van der Waals surface area (Å²) in [4.78, 5) is 10.1. The third-order valence-corrected chi connectivity index (χ3v) is 1.72. The molecule has 4 N–H and O–H groups in total. The number of nitrogens with one attached hydrogen (secondary N) is 1. The van der Waals surface area contributed by atoms with Crippen molar-refractivity contribution in [3.8, 4) is 5.75 Å². The van der Waals surface area contributed by atoms with Gasteiger partial charge in [0.05, 0.1) is 12.6 Å². The number of hydrogen-bond donors (Lipinski definition) is 4. The minimum absolute atomic E-state index is 0.0693. The average Bonchev–Trinajstić information content (AvgIpc) is 2.15. The van der Waals surface area contributed by atoms with Gasteiger partial charge in [-0.25, -0.2) is 4.79 Å². The van der Waals surface area contributed by atoms with Gasteiger partial charge in [-0.15, -0.1) is 0 Å². The third kappa shape index (κ3) is 2.95. The van der Waals surface area contributed by atoms with Crippen molar-refractivity contribution < 1.29 is 20.1 Å². The molecule has 0 heterocycles. The second-order valence-electron chi connectivity index (χ2n) is 2.79. The van der Waals surface area contributed by atoms with E-state index in [1.807, 2.05) is 0 Å². The molecule has 0 fully saturated rings. The van der Waals surface area contributed by atoms with Crippen molar-refractivity contribution in [2.45, 2.75) is 6.10 Å². The van der Waals surface area contributed by atoms with E-state index in [0.29, 0.717) is 5.56 Å². The number of carbonyl (C=O) groups is 1. The van der Waals surface area contributed by atoms with Crippen molar-refractivity contribution in [1.82, 2.24) is 5.32 Å². The lowest BCUT2D eigenvalue weighted by Crippen LogP contribution is -2.26. The maximum absolute atomic E-state index is 10.1. The Hall–Kier alpha value is -1.75. The van der Waals surface area contributed by atoms with E-state index in [0.717, 1.165) is 0 Å². The molecule has 0 saturated carbocycles. The highest BCUT2D eigenvalue weighted by Crippen LogP contribution is 2.15. The smallest absolute Gasteiger partial charge is 0.404 e. The summed E-state index contributed by atoms with van der Waals surface area (Å²) in [5.41, 5.74) is 0.552. The third-order valence-electron chi connectivity index (χ3n) is 1.72. The first kappa shape index (κ1) is 10.3. The summed E-state index contributed by atoms with van der Waals surface area (Å²) >= 11 is 0.